The minimum absolute atomic E-state index is 0.0707. The first-order valence-corrected chi connectivity index (χ1v) is 6.36. The lowest BCUT2D eigenvalue weighted by Gasteiger charge is -2.10. The number of amides is 1. The second kappa shape index (κ2) is 5.56. The lowest BCUT2D eigenvalue weighted by molar-refractivity contribution is -0.118. The molecule has 0 aliphatic carbocycles. The first-order valence-electron chi connectivity index (χ1n) is 3.63. The number of alkyl halides is 1. The van der Waals surface area contributed by atoms with Gasteiger partial charge in [0.1, 0.15) is 0 Å². The van der Waals surface area contributed by atoms with Crippen molar-refractivity contribution in [1.29, 1.82) is 0 Å². The lowest BCUT2D eigenvalue weighted by Crippen LogP contribution is -2.34. The molecule has 0 aromatic rings. The fourth-order valence-electron chi connectivity index (χ4n) is 0.549. The van der Waals surface area contributed by atoms with E-state index in [1.165, 1.54) is 14.1 Å². The van der Waals surface area contributed by atoms with E-state index in [0.717, 1.165) is 4.31 Å². The monoisotopic (exact) mass is 272 g/mol. The Labute approximate surface area is 86.7 Å². The summed E-state index contributed by atoms with van der Waals surface area (Å²) in [4.78, 5) is 10.7. The van der Waals surface area contributed by atoms with Gasteiger partial charge in [0.15, 0.2) is 0 Å². The second-order valence-electron chi connectivity index (χ2n) is 2.58. The molecule has 5 nitrogen and oxygen atoms in total. The number of rotatable bonds is 5. The molecule has 0 aliphatic rings. The van der Waals surface area contributed by atoms with Crippen molar-refractivity contribution < 1.29 is 13.2 Å². The summed E-state index contributed by atoms with van der Waals surface area (Å²) in [6.07, 6.45) is 0. The molecule has 0 saturated carbocycles. The van der Waals surface area contributed by atoms with Gasteiger partial charge in [-0.25, -0.2) is 12.7 Å². The van der Waals surface area contributed by atoms with Crippen molar-refractivity contribution in [3.05, 3.63) is 0 Å². The Morgan fingerprint density at radius 3 is 2.38 bits per heavy atom. The van der Waals surface area contributed by atoms with Gasteiger partial charge in [-0.3, -0.25) is 4.79 Å². The van der Waals surface area contributed by atoms with Crippen LogP contribution in [0.5, 0.6) is 0 Å². The molecule has 0 atom stereocenters. The molecule has 0 saturated heterocycles. The topological polar surface area (TPSA) is 66.5 Å². The van der Waals surface area contributed by atoms with E-state index in [-0.39, 0.29) is 23.5 Å². The van der Waals surface area contributed by atoms with Crippen LogP contribution in [0.1, 0.15) is 0 Å². The van der Waals surface area contributed by atoms with Crippen molar-refractivity contribution in [3.63, 3.8) is 0 Å². The number of nitrogens with zero attached hydrogens (tertiary/aromatic N) is 1. The van der Waals surface area contributed by atoms with E-state index >= 15 is 0 Å². The van der Waals surface area contributed by atoms with Crippen LogP contribution in [0, 0.1) is 0 Å². The van der Waals surface area contributed by atoms with E-state index in [2.05, 4.69) is 21.2 Å². The van der Waals surface area contributed by atoms with Gasteiger partial charge in [-0.05, 0) is 0 Å². The smallest absolute Gasteiger partial charge is 0.230 e. The van der Waals surface area contributed by atoms with Gasteiger partial charge < -0.3 is 5.32 Å². The average molecular weight is 273 g/mol. The Morgan fingerprint density at radius 1 is 1.46 bits per heavy atom. The SMILES string of the molecule is CN(C)S(=O)(=O)CCNC(=O)CBr. The Hall–Kier alpha value is -0.140. The van der Waals surface area contributed by atoms with Gasteiger partial charge in [-0.1, -0.05) is 15.9 Å². The van der Waals surface area contributed by atoms with Crippen molar-refractivity contribution in [1.82, 2.24) is 9.62 Å². The molecule has 78 valence electrons. The third kappa shape index (κ3) is 5.22. The molecule has 7 heteroatoms. The molecule has 1 amide bonds. The van der Waals surface area contributed by atoms with Crippen molar-refractivity contribution in [3.8, 4) is 0 Å². The highest BCUT2D eigenvalue weighted by Gasteiger charge is 2.12. The summed E-state index contributed by atoms with van der Waals surface area (Å²) in [6, 6.07) is 0. The van der Waals surface area contributed by atoms with Crippen molar-refractivity contribution >= 4 is 31.9 Å². The quantitative estimate of drug-likeness (QED) is 0.679. The van der Waals surface area contributed by atoms with Crippen LogP contribution < -0.4 is 5.32 Å². The summed E-state index contributed by atoms with van der Waals surface area (Å²) in [5.41, 5.74) is 0. The van der Waals surface area contributed by atoms with Crippen molar-refractivity contribution in [2.45, 2.75) is 0 Å². The Balaban J connectivity index is 3.84. The predicted octanol–water partition coefficient (Wildman–Crippen LogP) is -0.611. The van der Waals surface area contributed by atoms with E-state index in [1.807, 2.05) is 0 Å². The van der Waals surface area contributed by atoms with Crippen LogP contribution in [0.4, 0.5) is 0 Å². The van der Waals surface area contributed by atoms with Gasteiger partial charge in [-0.15, -0.1) is 0 Å². The lowest BCUT2D eigenvalue weighted by atomic mass is 10.6. The highest BCUT2D eigenvalue weighted by molar-refractivity contribution is 9.09. The number of carbonyl (C=O) groups is 1. The molecular formula is C6H13BrN2O3S. The van der Waals surface area contributed by atoms with Gasteiger partial charge in [0.2, 0.25) is 15.9 Å². The minimum Gasteiger partial charge on any atom is -0.354 e. The molecular weight excluding hydrogens is 260 g/mol. The minimum atomic E-state index is -3.20. The van der Waals surface area contributed by atoms with Crippen LogP contribution in [0.3, 0.4) is 0 Å². The van der Waals surface area contributed by atoms with Crippen molar-refractivity contribution in [2.75, 3.05) is 31.7 Å². The standard InChI is InChI=1S/C6H13BrN2O3S/c1-9(2)13(11,12)4-3-8-6(10)5-7/h3-5H2,1-2H3,(H,8,10). The van der Waals surface area contributed by atoms with Crippen LogP contribution in [-0.4, -0.2) is 50.4 Å². The maximum Gasteiger partial charge on any atom is 0.230 e. The summed E-state index contributed by atoms with van der Waals surface area (Å²) in [5, 5.41) is 2.64. The number of sulfonamides is 1. The molecule has 0 aliphatic heterocycles. The van der Waals surface area contributed by atoms with Gasteiger partial charge >= 0.3 is 0 Å². The largest absolute Gasteiger partial charge is 0.354 e. The van der Waals surface area contributed by atoms with Gasteiger partial charge in [-0.2, -0.15) is 0 Å². The number of nitrogens with one attached hydrogen (secondary N) is 1. The van der Waals surface area contributed by atoms with Crippen LogP contribution in [0.15, 0.2) is 0 Å². The van der Waals surface area contributed by atoms with Gasteiger partial charge in [0.25, 0.3) is 0 Å². The number of hydrogen-bond donors (Lipinski definition) is 1. The number of hydrogen-bond acceptors (Lipinski definition) is 3. The average Bonchev–Trinajstić information content (AvgIpc) is 2.03. The Morgan fingerprint density at radius 2 is 2.00 bits per heavy atom. The Kier molecular flexibility index (Phi) is 5.50. The zero-order valence-corrected chi connectivity index (χ0v) is 9.98. The van der Waals surface area contributed by atoms with Crippen LogP contribution >= 0.6 is 15.9 Å². The molecule has 0 bridgehead atoms. The number of halogens is 1. The number of carbonyl (C=O) groups excluding carboxylic acids is 1. The third-order valence-corrected chi connectivity index (χ3v) is 3.70. The summed E-state index contributed by atoms with van der Waals surface area (Å²) >= 11 is 2.95. The summed E-state index contributed by atoms with van der Waals surface area (Å²) in [7, 11) is -0.279. The predicted molar refractivity (Wildman–Crippen MR) is 54.3 cm³/mol. The summed E-state index contributed by atoms with van der Waals surface area (Å²) in [6.45, 7) is 0.144. The molecule has 0 radical (unpaired) electrons. The molecule has 13 heavy (non-hydrogen) atoms. The van der Waals surface area contributed by atoms with E-state index in [4.69, 9.17) is 0 Å². The molecule has 0 rings (SSSR count). The zero-order chi connectivity index (χ0) is 10.5. The van der Waals surface area contributed by atoms with E-state index in [1.54, 1.807) is 0 Å². The summed E-state index contributed by atoms with van der Waals surface area (Å²) in [5.74, 6) is -0.285. The molecule has 1 N–H and O–H groups in total. The zero-order valence-electron chi connectivity index (χ0n) is 7.58. The van der Waals surface area contributed by atoms with E-state index in [9.17, 15) is 13.2 Å². The van der Waals surface area contributed by atoms with Crippen LogP contribution in [0.25, 0.3) is 0 Å². The van der Waals surface area contributed by atoms with E-state index < -0.39 is 10.0 Å². The molecule has 0 unspecified atom stereocenters. The fraction of sp³-hybridized carbons (Fsp3) is 0.833. The first kappa shape index (κ1) is 12.9. The van der Waals surface area contributed by atoms with Gasteiger partial charge in [0, 0.05) is 20.6 Å². The normalized spacial score (nSPS) is 11.7. The Bertz CT molecular complexity index is 263. The molecule has 0 aromatic heterocycles. The van der Waals surface area contributed by atoms with Crippen LogP contribution in [-0.2, 0) is 14.8 Å². The second-order valence-corrected chi connectivity index (χ2v) is 5.45. The van der Waals surface area contributed by atoms with Gasteiger partial charge in [0.05, 0.1) is 11.1 Å². The first-order chi connectivity index (χ1) is 5.90. The van der Waals surface area contributed by atoms with Crippen LogP contribution in [0.2, 0.25) is 0 Å². The highest BCUT2D eigenvalue weighted by Crippen LogP contribution is 1.92. The molecule has 0 heterocycles. The third-order valence-electron chi connectivity index (χ3n) is 1.36. The molecule has 0 aromatic carbocycles. The highest BCUT2D eigenvalue weighted by atomic mass is 79.9. The molecule has 0 fully saturated rings. The van der Waals surface area contributed by atoms with E-state index in [0.29, 0.717) is 0 Å². The summed E-state index contributed by atoms with van der Waals surface area (Å²) < 4.78 is 23.5. The maximum absolute atomic E-state index is 11.2. The molecule has 0 spiro atoms. The fourth-order valence-corrected chi connectivity index (χ4v) is 1.47. The maximum atomic E-state index is 11.2. The van der Waals surface area contributed by atoms with Crippen molar-refractivity contribution in [2.24, 2.45) is 0 Å².